The molecule has 0 spiro atoms. The summed E-state index contributed by atoms with van der Waals surface area (Å²) in [7, 11) is 0. The van der Waals surface area contributed by atoms with Crippen LogP contribution in [-0.2, 0) is 16.8 Å². The molecule has 0 aliphatic rings. The van der Waals surface area contributed by atoms with Crippen molar-refractivity contribution in [3.8, 4) is 0 Å². The zero-order valence-electron chi connectivity index (χ0n) is 16.3. The molecule has 1 aromatic carbocycles. The maximum absolute atomic E-state index is 13.9. The molecule has 4 nitrogen and oxygen atoms in total. The zero-order valence-corrected chi connectivity index (χ0v) is 17.2. The number of rotatable bonds is 11. The molecular weight excluding hydrogens is 363 g/mol. The van der Waals surface area contributed by atoms with Gasteiger partial charge in [-0.25, -0.2) is 9.37 Å². The number of anilines is 1. The van der Waals surface area contributed by atoms with E-state index < -0.39 is 11.5 Å². The lowest BCUT2D eigenvalue weighted by Gasteiger charge is -2.33. The molecule has 27 heavy (non-hydrogen) atoms. The van der Waals surface area contributed by atoms with Gasteiger partial charge in [0, 0.05) is 5.38 Å². The summed E-state index contributed by atoms with van der Waals surface area (Å²) in [4.78, 5) is 15.3. The first-order valence-electron chi connectivity index (χ1n) is 9.55. The van der Waals surface area contributed by atoms with E-state index in [-0.39, 0.29) is 12.2 Å². The molecule has 0 saturated heterocycles. The van der Waals surface area contributed by atoms with Gasteiger partial charge in [0.1, 0.15) is 5.82 Å². The Morgan fingerprint density at radius 1 is 1.30 bits per heavy atom. The quantitative estimate of drug-likeness (QED) is 0.467. The molecule has 1 unspecified atom stereocenters. The summed E-state index contributed by atoms with van der Waals surface area (Å²) in [6.45, 7) is 6.26. The van der Waals surface area contributed by atoms with Gasteiger partial charge in [-0.3, -0.25) is 4.79 Å². The number of carbonyl (C=O) groups is 1. The molecule has 0 fully saturated rings. The van der Waals surface area contributed by atoms with Crippen LogP contribution in [-0.4, -0.2) is 16.1 Å². The fourth-order valence-corrected chi connectivity index (χ4v) is 4.21. The molecule has 1 atom stereocenters. The minimum Gasteiger partial charge on any atom is -0.481 e. The first kappa shape index (κ1) is 21.4. The minimum atomic E-state index is -0.897. The lowest BCUT2D eigenvalue weighted by molar-refractivity contribution is -0.136. The van der Waals surface area contributed by atoms with Crippen molar-refractivity contribution in [2.24, 2.45) is 0 Å². The van der Waals surface area contributed by atoms with Gasteiger partial charge in [0.25, 0.3) is 0 Å². The van der Waals surface area contributed by atoms with E-state index in [2.05, 4.69) is 24.1 Å². The molecule has 0 aliphatic heterocycles. The minimum absolute atomic E-state index is 0.0924. The SMILES string of the molecule is CCCCCCCC(C)(Nc1nc(CC(=O)O)cs1)c1cc(F)ccc1C. The Kier molecular flexibility index (Phi) is 7.78. The van der Waals surface area contributed by atoms with Crippen LogP contribution in [0, 0.1) is 12.7 Å². The Bertz CT molecular complexity index is 762. The number of unbranched alkanes of at least 4 members (excludes halogenated alkanes) is 4. The highest BCUT2D eigenvalue weighted by Crippen LogP contribution is 2.35. The average molecular weight is 393 g/mol. The van der Waals surface area contributed by atoms with Crippen LogP contribution >= 0.6 is 11.3 Å². The topological polar surface area (TPSA) is 62.2 Å². The Hall–Kier alpha value is -1.95. The fraction of sp³-hybridized carbons (Fsp3) is 0.524. The number of hydrogen-bond acceptors (Lipinski definition) is 4. The molecule has 1 aromatic heterocycles. The molecule has 0 amide bonds. The third-order valence-electron chi connectivity index (χ3n) is 4.84. The first-order chi connectivity index (χ1) is 12.8. The van der Waals surface area contributed by atoms with Crippen molar-refractivity contribution in [2.75, 3.05) is 5.32 Å². The van der Waals surface area contributed by atoms with Crippen LogP contribution in [0.15, 0.2) is 23.6 Å². The van der Waals surface area contributed by atoms with E-state index >= 15 is 0 Å². The fourth-order valence-electron chi connectivity index (χ4n) is 3.37. The van der Waals surface area contributed by atoms with Gasteiger partial charge in [-0.1, -0.05) is 45.1 Å². The summed E-state index contributed by atoms with van der Waals surface area (Å²) >= 11 is 1.39. The summed E-state index contributed by atoms with van der Waals surface area (Å²) in [5.74, 6) is -1.15. The molecule has 1 heterocycles. The lowest BCUT2D eigenvalue weighted by atomic mass is 9.84. The number of aliphatic carboxylic acids is 1. The first-order valence-corrected chi connectivity index (χ1v) is 10.4. The van der Waals surface area contributed by atoms with E-state index in [1.165, 1.54) is 36.7 Å². The van der Waals surface area contributed by atoms with Crippen LogP contribution in [0.25, 0.3) is 0 Å². The Morgan fingerprint density at radius 3 is 2.74 bits per heavy atom. The maximum atomic E-state index is 13.9. The summed E-state index contributed by atoms with van der Waals surface area (Å²) < 4.78 is 13.9. The number of aryl methyl sites for hydroxylation is 1. The predicted molar refractivity (Wildman–Crippen MR) is 109 cm³/mol. The second kappa shape index (κ2) is 9.83. The predicted octanol–water partition coefficient (Wildman–Crippen LogP) is 5.91. The second-order valence-electron chi connectivity index (χ2n) is 7.30. The molecule has 0 saturated carbocycles. The molecule has 2 aromatic rings. The van der Waals surface area contributed by atoms with Crippen LogP contribution in [0.5, 0.6) is 0 Å². The number of benzene rings is 1. The number of hydrogen-bond donors (Lipinski definition) is 2. The standard InChI is InChI=1S/C21H29FN2O2S/c1-4-5-6-7-8-11-21(3,18-12-16(22)10-9-15(18)2)24-20-23-17(14-27-20)13-19(25)26/h9-10,12,14H,4-8,11,13H2,1-3H3,(H,23,24)(H,25,26). The van der Waals surface area contributed by atoms with Gasteiger partial charge in [0.2, 0.25) is 0 Å². The third kappa shape index (κ3) is 6.31. The van der Waals surface area contributed by atoms with Crippen molar-refractivity contribution in [3.05, 3.63) is 46.2 Å². The lowest BCUT2D eigenvalue weighted by Crippen LogP contribution is -2.33. The van der Waals surface area contributed by atoms with E-state index in [9.17, 15) is 9.18 Å². The van der Waals surface area contributed by atoms with E-state index in [0.29, 0.717) is 10.8 Å². The molecule has 0 aliphatic carbocycles. The molecular formula is C21H29FN2O2S. The van der Waals surface area contributed by atoms with Crippen LogP contribution < -0.4 is 5.32 Å². The number of aromatic nitrogens is 1. The Morgan fingerprint density at radius 2 is 2.04 bits per heavy atom. The van der Waals surface area contributed by atoms with Gasteiger partial charge in [0.15, 0.2) is 5.13 Å². The van der Waals surface area contributed by atoms with Gasteiger partial charge in [-0.05, 0) is 43.5 Å². The average Bonchev–Trinajstić information content (AvgIpc) is 3.02. The third-order valence-corrected chi connectivity index (χ3v) is 5.65. The van der Waals surface area contributed by atoms with Gasteiger partial charge in [0.05, 0.1) is 17.7 Å². The number of carboxylic acid groups (broad SMARTS) is 1. The summed E-state index contributed by atoms with van der Waals surface area (Å²) in [5, 5.41) is 14.8. The Labute approximate surface area is 164 Å². The molecule has 2 rings (SSSR count). The largest absolute Gasteiger partial charge is 0.481 e. The molecule has 0 radical (unpaired) electrons. The van der Waals surface area contributed by atoms with Crippen molar-refractivity contribution >= 4 is 22.4 Å². The van der Waals surface area contributed by atoms with Gasteiger partial charge >= 0.3 is 5.97 Å². The molecule has 0 bridgehead atoms. The molecule has 6 heteroatoms. The van der Waals surface area contributed by atoms with Crippen molar-refractivity contribution in [1.29, 1.82) is 0 Å². The van der Waals surface area contributed by atoms with Crippen LogP contribution in [0.1, 0.15) is 69.2 Å². The number of carboxylic acids is 1. The van der Waals surface area contributed by atoms with Gasteiger partial charge < -0.3 is 10.4 Å². The number of nitrogens with zero attached hydrogens (tertiary/aromatic N) is 1. The number of nitrogens with one attached hydrogen (secondary N) is 1. The highest BCUT2D eigenvalue weighted by Gasteiger charge is 2.29. The summed E-state index contributed by atoms with van der Waals surface area (Å²) in [6.07, 6.45) is 6.57. The smallest absolute Gasteiger partial charge is 0.309 e. The zero-order chi connectivity index (χ0) is 19.9. The highest BCUT2D eigenvalue weighted by atomic mass is 32.1. The second-order valence-corrected chi connectivity index (χ2v) is 8.15. The van der Waals surface area contributed by atoms with Crippen LogP contribution in [0.4, 0.5) is 9.52 Å². The van der Waals surface area contributed by atoms with Gasteiger partial charge in [-0.15, -0.1) is 11.3 Å². The van der Waals surface area contributed by atoms with E-state index in [0.717, 1.165) is 30.4 Å². The summed E-state index contributed by atoms with van der Waals surface area (Å²) in [5.41, 5.74) is 2.03. The van der Waals surface area contributed by atoms with E-state index in [4.69, 9.17) is 5.11 Å². The highest BCUT2D eigenvalue weighted by molar-refractivity contribution is 7.13. The van der Waals surface area contributed by atoms with Crippen molar-refractivity contribution < 1.29 is 14.3 Å². The maximum Gasteiger partial charge on any atom is 0.309 e. The normalized spacial score (nSPS) is 13.3. The monoisotopic (exact) mass is 392 g/mol. The van der Waals surface area contributed by atoms with Crippen molar-refractivity contribution in [2.45, 2.75) is 71.3 Å². The molecule has 2 N–H and O–H groups in total. The van der Waals surface area contributed by atoms with Crippen LogP contribution in [0.3, 0.4) is 0 Å². The van der Waals surface area contributed by atoms with Crippen molar-refractivity contribution in [3.63, 3.8) is 0 Å². The number of thiazole rings is 1. The van der Waals surface area contributed by atoms with E-state index in [1.807, 2.05) is 6.92 Å². The van der Waals surface area contributed by atoms with Crippen molar-refractivity contribution in [1.82, 2.24) is 4.98 Å². The molecule has 148 valence electrons. The van der Waals surface area contributed by atoms with Gasteiger partial charge in [-0.2, -0.15) is 0 Å². The Balaban J connectivity index is 2.21. The van der Waals surface area contributed by atoms with E-state index in [1.54, 1.807) is 17.5 Å². The summed E-state index contributed by atoms with van der Waals surface area (Å²) in [6, 6.07) is 4.88. The number of halogens is 1. The van der Waals surface area contributed by atoms with Crippen LogP contribution in [0.2, 0.25) is 0 Å².